The lowest BCUT2D eigenvalue weighted by Crippen LogP contribution is -2.21. The fraction of sp³-hybridized carbons (Fsp3) is 0.471. The van der Waals surface area contributed by atoms with Gasteiger partial charge in [0.1, 0.15) is 0 Å². The highest BCUT2D eigenvalue weighted by molar-refractivity contribution is 6.30. The van der Waals surface area contributed by atoms with Crippen molar-refractivity contribution in [3.63, 3.8) is 0 Å². The van der Waals surface area contributed by atoms with Crippen LogP contribution < -0.4 is 5.32 Å². The van der Waals surface area contributed by atoms with E-state index in [1.165, 1.54) is 19.1 Å². The predicted octanol–water partition coefficient (Wildman–Crippen LogP) is 3.86. The lowest BCUT2D eigenvalue weighted by Gasteiger charge is -2.14. The van der Waals surface area contributed by atoms with Gasteiger partial charge in [-0.3, -0.25) is 0 Å². The van der Waals surface area contributed by atoms with Crippen molar-refractivity contribution >= 4 is 17.6 Å². The number of hydrogen-bond acceptors (Lipinski definition) is 3. The lowest BCUT2D eigenvalue weighted by atomic mass is 10.1. The lowest BCUT2D eigenvalue weighted by molar-refractivity contribution is -0.136. The normalized spacial score (nSPS) is 15.5. The van der Waals surface area contributed by atoms with Gasteiger partial charge < -0.3 is 10.1 Å². The van der Waals surface area contributed by atoms with Gasteiger partial charge in [0.2, 0.25) is 0 Å². The Hall–Kier alpha value is -1.48. The Labute approximate surface area is 131 Å². The molecule has 1 N–H and O–H groups in total. The Morgan fingerprint density at radius 1 is 1.19 bits per heavy atom. The van der Waals surface area contributed by atoms with Crippen molar-refractivity contribution in [3.05, 3.63) is 46.1 Å². The molecule has 0 atom stereocenters. The molecular weight excluding hydrogens is 286 g/mol. The maximum atomic E-state index is 11.9. The minimum absolute atomic E-state index is 0.189. The van der Waals surface area contributed by atoms with E-state index in [4.69, 9.17) is 16.3 Å². The molecule has 0 heterocycles. The van der Waals surface area contributed by atoms with Crippen molar-refractivity contribution < 1.29 is 9.53 Å². The molecular formula is C17H22ClNO2. The second-order valence-corrected chi connectivity index (χ2v) is 5.75. The van der Waals surface area contributed by atoms with Gasteiger partial charge in [-0.1, -0.05) is 30.2 Å². The largest absolute Gasteiger partial charge is 0.466 e. The molecule has 0 saturated carbocycles. The molecule has 21 heavy (non-hydrogen) atoms. The number of methoxy groups -OCH3 is 1. The summed E-state index contributed by atoms with van der Waals surface area (Å²) in [5, 5.41) is 4.19. The Balaban J connectivity index is 1.96. The van der Waals surface area contributed by atoms with Crippen molar-refractivity contribution in [2.24, 2.45) is 0 Å². The number of nitrogens with one attached hydrogen (secondary N) is 1. The number of esters is 1. The van der Waals surface area contributed by atoms with Crippen LogP contribution in [0.2, 0.25) is 5.02 Å². The van der Waals surface area contributed by atoms with E-state index in [1.54, 1.807) is 0 Å². The first-order chi connectivity index (χ1) is 10.2. The van der Waals surface area contributed by atoms with Gasteiger partial charge in [0, 0.05) is 17.3 Å². The van der Waals surface area contributed by atoms with Crippen LogP contribution in [0, 0.1) is 0 Å². The van der Waals surface area contributed by atoms with Gasteiger partial charge in [-0.25, -0.2) is 4.79 Å². The molecule has 3 nitrogen and oxygen atoms in total. The number of rotatable bonds is 5. The fourth-order valence-electron chi connectivity index (χ4n) is 2.63. The topological polar surface area (TPSA) is 38.3 Å². The van der Waals surface area contributed by atoms with E-state index in [9.17, 15) is 4.79 Å². The SMILES string of the molecule is COC(=O)C1=C(NCCc2ccc(Cl)cc2)CCCCC1. The molecule has 0 radical (unpaired) electrons. The van der Waals surface area contributed by atoms with Crippen LogP contribution >= 0.6 is 11.6 Å². The van der Waals surface area contributed by atoms with Crippen LogP contribution in [-0.4, -0.2) is 19.6 Å². The van der Waals surface area contributed by atoms with E-state index < -0.39 is 0 Å². The molecule has 0 aliphatic heterocycles. The zero-order valence-electron chi connectivity index (χ0n) is 12.5. The van der Waals surface area contributed by atoms with Crippen molar-refractivity contribution in [3.8, 4) is 0 Å². The molecule has 0 amide bonds. The van der Waals surface area contributed by atoms with Crippen molar-refractivity contribution in [2.75, 3.05) is 13.7 Å². The second-order valence-electron chi connectivity index (χ2n) is 5.31. The van der Waals surface area contributed by atoms with Crippen LogP contribution in [-0.2, 0) is 16.0 Å². The first kappa shape index (κ1) is 15.9. The molecule has 0 unspecified atom stereocenters. The molecule has 0 fully saturated rings. The van der Waals surface area contributed by atoms with E-state index in [-0.39, 0.29) is 5.97 Å². The number of allylic oxidation sites excluding steroid dienone is 1. The smallest absolute Gasteiger partial charge is 0.335 e. The number of hydrogen-bond donors (Lipinski definition) is 1. The first-order valence-corrected chi connectivity index (χ1v) is 7.87. The highest BCUT2D eigenvalue weighted by Crippen LogP contribution is 2.23. The Morgan fingerprint density at radius 2 is 1.90 bits per heavy atom. The summed E-state index contributed by atoms with van der Waals surface area (Å²) in [6, 6.07) is 7.88. The molecule has 0 aromatic heterocycles. The summed E-state index contributed by atoms with van der Waals surface area (Å²) in [6.45, 7) is 0.817. The number of carbonyl (C=O) groups excluding carboxylic acids is 1. The highest BCUT2D eigenvalue weighted by Gasteiger charge is 2.18. The van der Waals surface area contributed by atoms with Crippen LogP contribution in [0.25, 0.3) is 0 Å². The minimum Gasteiger partial charge on any atom is -0.466 e. The van der Waals surface area contributed by atoms with Crippen LogP contribution in [0.4, 0.5) is 0 Å². The maximum Gasteiger partial charge on any atom is 0.335 e. The van der Waals surface area contributed by atoms with Gasteiger partial charge >= 0.3 is 5.97 Å². The Bertz CT molecular complexity index is 508. The Morgan fingerprint density at radius 3 is 2.62 bits per heavy atom. The molecule has 0 spiro atoms. The monoisotopic (exact) mass is 307 g/mol. The molecule has 1 aromatic carbocycles. The summed E-state index contributed by atoms with van der Waals surface area (Å²) in [5.41, 5.74) is 3.13. The van der Waals surface area contributed by atoms with E-state index in [1.807, 2.05) is 24.3 Å². The third kappa shape index (κ3) is 4.78. The average molecular weight is 308 g/mol. The first-order valence-electron chi connectivity index (χ1n) is 7.49. The van der Waals surface area contributed by atoms with Crippen LogP contribution in [0.15, 0.2) is 35.5 Å². The number of halogens is 1. The summed E-state index contributed by atoms with van der Waals surface area (Å²) < 4.78 is 4.90. The summed E-state index contributed by atoms with van der Waals surface area (Å²) in [4.78, 5) is 11.9. The van der Waals surface area contributed by atoms with Gasteiger partial charge in [0.05, 0.1) is 12.7 Å². The van der Waals surface area contributed by atoms with Crippen molar-refractivity contribution in [1.29, 1.82) is 0 Å². The summed E-state index contributed by atoms with van der Waals surface area (Å²) in [7, 11) is 1.45. The summed E-state index contributed by atoms with van der Waals surface area (Å²) in [5.74, 6) is -0.189. The van der Waals surface area contributed by atoms with Gasteiger partial charge in [-0.05, 0) is 49.8 Å². The molecule has 1 aliphatic rings. The molecule has 0 bridgehead atoms. The van der Waals surface area contributed by atoms with E-state index in [0.29, 0.717) is 0 Å². The fourth-order valence-corrected chi connectivity index (χ4v) is 2.76. The zero-order chi connectivity index (χ0) is 15.1. The average Bonchev–Trinajstić information content (AvgIpc) is 2.74. The molecule has 114 valence electrons. The quantitative estimate of drug-likeness (QED) is 0.839. The van der Waals surface area contributed by atoms with E-state index >= 15 is 0 Å². The molecule has 4 heteroatoms. The molecule has 1 aromatic rings. The predicted molar refractivity (Wildman–Crippen MR) is 85.3 cm³/mol. The number of carbonyl (C=O) groups is 1. The number of ether oxygens (including phenoxy) is 1. The van der Waals surface area contributed by atoms with Gasteiger partial charge in [-0.2, -0.15) is 0 Å². The summed E-state index contributed by atoms with van der Waals surface area (Å²) in [6.07, 6.45) is 6.02. The minimum atomic E-state index is -0.189. The standard InChI is InChI=1S/C17H22ClNO2/c1-21-17(20)15-5-3-2-4-6-16(15)19-12-11-13-7-9-14(18)10-8-13/h7-10,19H,2-6,11-12H2,1H3. The third-order valence-corrected chi connectivity index (χ3v) is 4.07. The molecule has 2 rings (SSSR count). The van der Waals surface area contributed by atoms with Crippen molar-refractivity contribution in [1.82, 2.24) is 5.32 Å². The van der Waals surface area contributed by atoms with Gasteiger partial charge in [0.15, 0.2) is 0 Å². The van der Waals surface area contributed by atoms with Crippen LogP contribution in [0.1, 0.15) is 37.7 Å². The van der Waals surface area contributed by atoms with Gasteiger partial charge in [-0.15, -0.1) is 0 Å². The number of benzene rings is 1. The highest BCUT2D eigenvalue weighted by atomic mass is 35.5. The van der Waals surface area contributed by atoms with Crippen LogP contribution in [0.5, 0.6) is 0 Å². The summed E-state index contributed by atoms with van der Waals surface area (Å²) >= 11 is 5.88. The van der Waals surface area contributed by atoms with E-state index in [0.717, 1.165) is 54.9 Å². The van der Waals surface area contributed by atoms with Gasteiger partial charge in [0.25, 0.3) is 0 Å². The molecule has 1 aliphatic carbocycles. The zero-order valence-corrected chi connectivity index (χ0v) is 13.2. The van der Waals surface area contributed by atoms with Crippen LogP contribution in [0.3, 0.4) is 0 Å². The van der Waals surface area contributed by atoms with Crippen molar-refractivity contribution in [2.45, 2.75) is 38.5 Å². The van der Waals surface area contributed by atoms with E-state index in [2.05, 4.69) is 5.32 Å². The molecule has 0 saturated heterocycles. The maximum absolute atomic E-state index is 11.9. The Kier molecular flexibility index (Phi) is 6.12. The third-order valence-electron chi connectivity index (χ3n) is 3.81. The second kappa shape index (κ2) is 8.08.